The largest absolute Gasteiger partial charge is 0.375 e. The third-order valence-electron chi connectivity index (χ3n) is 3.32. The van der Waals surface area contributed by atoms with E-state index in [9.17, 15) is 0 Å². The van der Waals surface area contributed by atoms with Crippen LogP contribution in [0.3, 0.4) is 0 Å². The first kappa shape index (κ1) is 17.0. The molecule has 2 N–H and O–H groups in total. The van der Waals surface area contributed by atoms with E-state index in [2.05, 4.69) is 32.9 Å². The number of ether oxygens (including phenoxy) is 1. The molecule has 0 aliphatic heterocycles. The molecule has 6 heteroatoms. The SMILES string of the molecule is CCNC(=NCc1ccnn1C)NCCOCc1ccccc1. The first-order chi connectivity index (χ1) is 11.3. The summed E-state index contributed by atoms with van der Waals surface area (Å²) in [5.74, 6) is 0.789. The summed E-state index contributed by atoms with van der Waals surface area (Å²) in [4.78, 5) is 4.55. The lowest BCUT2D eigenvalue weighted by atomic mass is 10.2. The topological polar surface area (TPSA) is 63.5 Å². The van der Waals surface area contributed by atoms with Crippen LogP contribution in [0.1, 0.15) is 18.2 Å². The lowest BCUT2D eigenvalue weighted by Gasteiger charge is -2.11. The molecule has 0 fully saturated rings. The Morgan fingerprint density at radius 3 is 2.74 bits per heavy atom. The van der Waals surface area contributed by atoms with Gasteiger partial charge in [0, 0.05) is 26.3 Å². The third kappa shape index (κ3) is 6.12. The lowest BCUT2D eigenvalue weighted by molar-refractivity contribution is 0.125. The van der Waals surface area contributed by atoms with E-state index in [-0.39, 0.29) is 0 Å². The number of aromatic nitrogens is 2. The number of nitrogens with one attached hydrogen (secondary N) is 2. The van der Waals surface area contributed by atoms with Crippen molar-refractivity contribution in [2.45, 2.75) is 20.1 Å². The van der Waals surface area contributed by atoms with Crippen molar-refractivity contribution in [2.75, 3.05) is 19.7 Å². The Morgan fingerprint density at radius 2 is 2.04 bits per heavy atom. The zero-order valence-corrected chi connectivity index (χ0v) is 13.8. The summed E-state index contributed by atoms with van der Waals surface area (Å²) < 4.78 is 7.49. The van der Waals surface area contributed by atoms with Crippen molar-refractivity contribution in [3.8, 4) is 0 Å². The second-order valence-electron chi connectivity index (χ2n) is 5.11. The zero-order valence-electron chi connectivity index (χ0n) is 13.8. The standard InChI is InChI=1S/C17H25N5O/c1-3-18-17(20-13-16-9-10-21-22(16)2)19-11-12-23-14-15-7-5-4-6-8-15/h4-10H,3,11-14H2,1-2H3,(H2,18,19,20). The van der Waals surface area contributed by atoms with Gasteiger partial charge in [-0.3, -0.25) is 4.68 Å². The molecule has 0 spiro atoms. The van der Waals surface area contributed by atoms with E-state index in [4.69, 9.17) is 4.74 Å². The Kier molecular flexibility index (Phi) is 7.13. The van der Waals surface area contributed by atoms with Crippen LogP contribution < -0.4 is 10.6 Å². The maximum atomic E-state index is 5.66. The lowest BCUT2D eigenvalue weighted by Crippen LogP contribution is -2.39. The molecule has 0 radical (unpaired) electrons. The monoisotopic (exact) mass is 315 g/mol. The van der Waals surface area contributed by atoms with Gasteiger partial charge in [0.25, 0.3) is 0 Å². The second-order valence-corrected chi connectivity index (χ2v) is 5.11. The van der Waals surface area contributed by atoms with Gasteiger partial charge in [0.1, 0.15) is 0 Å². The fourth-order valence-corrected chi connectivity index (χ4v) is 2.06. The molecule has 0 saturated carbocycles. The minimum absolute atomic E-state index is 0.594. The maximum Gasteiger partial charge on any atom is 0.191 e. The van der Waals surface area contributed by atoms with E-state index in [0.717, 1.165) is 18.2 Å². The van der Waals surface area contributed by atoms with E-state index in [1.165, 1.54) is 5.56 Å². The molecular formula is C17H25N5O. The Morgan fingerprint density at radius 1 is 1.22 bits per heavy atom. The number of benzene rings is 1. The number of nitrogens with zero attached hydrogens (tertiary/aromatic N) is 3. The van der Waals surface area contributed by atoms with Crippen LogP contribution in [0.2, 0.25) is 0 Å². The Bertz CT molecular complexity index is 594. The van der Waals surface area contributed by atoms with Crippen LogP contribution in [-0.4, -0.2) is 35.4 Å². The van der Waals surface area contributed by atoms with Crippen LogP contribution in [-0.2, 0) is 24.9 Å². The molecule has 2 aromatic rings. The molecule has 0 unspecified atom stereocenters. The minimum Gasteiger partial charge on any atom is -0.375 e. The van der Waals surface area contributed by atoms with Crippen molar-refractivity contribution in [1.29, 1.82) is 0 Å². The van der Waals surface area contributed by atoms with Crippen LogP contribution in [0.5, 0.6) is 0 Å². The van der Waals surface area contributed by atoms with E-state index in [0.29, 0.717) is 26.3 Å². The van der Waals surface area contributed by atoms with Gasteiger partial charge < -0.3 is 15.4 Å². The smallest absolute Gasteiger partial charge is 0.191 e. The maximum absolute atomic E-state index is 5.66. The molecule has 0 amide bonds. The molecule has 0 aliphatic carbocycles. The number of guanidine groups is 1. The second kappa shape index (κ2) is 9.63. The highest BCUT2D eigenvalue weighted by molar-refractivity contribution is 5.79. The van der Waals surface area contributed by atoms with Gasteiger partial charge in [-0.25, -0.2) is 4.99 Å². The van der Waals surface area contributed by atoms with Crippen molar-refractivity contribution in [2.24, 2.45) is 12.0 Å². The van der Waals surface area contributed by atoms with Crippen LogP contribution in [0, 0.1) is 0 Å². The van der Waals surface area contributed by atoms with Gasteiger partial charge in [-0.2, -0.15) is 5.10 Å². The van der Waals surface area contributed by atoms with Crippen molar-refractivity contribution < 1.29 is 4.74 Å². The molecule has 1 heterocycles. The van der Waals surface area contributed by atoms with Crippen LogP contribution in [0.25, 0.3) is 0 Å². The summed E-state index contributed by atoms with van der Waals surface area (Å²) >= 11 is 0. The number of hydrogen-bond donors (Lipinski definition) is 2. The summed E-state index contributed by atoms with van der Waals surface area (Å²) in [5.41, 5.74) is 2.26. The van der Waals surface area contributed by atoms with Crippen molar-refractivity contribution in [3.63, 3.8) is 0 Å². The number of rotatable bonds is 8. The van der Waals surface area contributed by atoms with Gasteiger partial charge in [0.2, 0.25) is 0 Å². The molecule has 2 rings (SSSR count). The summed E-state index contributed by atoms with van der Waals surface area (Å²) in [6, 6.07) is 12.1. The molecule has 0 bridgehead atoms. The van der Waals surface area contributed by atoms with E-state index in [1.54, 1.807) is 6.20 Å². The molecule has 1 aromatic carbocycles. The first-order valence-electron chi connectivity index (χ1n) is 7.90. The van der Waals surface area contributed by atoms with Gasteiger partial charge in [0.15, 0.2) is 5.96 Å². The molecular weight excluding hydrogens is 290 g/mol. The molecule has 124 valence electrons. The summed E-state index contributed by atoms with van der Waals surface area (Å²) in [5, 5.41) is 10.6. The third-order valence-corrected chi connectivity index (χ3v) is 3.32. The van der Waals surface area contributed by atoms with Crippen LogP contribution in [0.15, 0.2) is 47.6 Å². The van der Waals surface area contributed by atoms with Gasteiger partial charge in [-0.05, 0) is 18.6 Å². The van der Waals surface area contributed by atoms with E-state index in [1.807, 2.05) is 42.9 Å². The normalized spacial score (nSPS) is 11.5. The number of aryl methyl sites for hydroxylation is 1. The van der Waals surface area contributed by atoms with Gasteiger partial charge in [0.05, 0.1) is 25.5 Å². The summed E-state index contributed by atoms with van der Waals surface area (Å²) in [6.45, 7) is 5.44. The predicted octanol–water partition coefficient (Wildman–Crippen LogP) is 1.69. The van der Waals surface area contributed by atoms with E-state index >= 15 is 0 Å². The minimum atomic E-state index is 0.594. The highest BCUT2D eigenvalue weighted by Gasteiger charge is 2.00. The van der Waals surface area contributed by atoms with E-state index < -0.39 is 0 Å². The quantitative estimate of drug-likeness (QED) is 0.442. The zero-order chi connectivity index (χ0) is 16.3. The first-order valence-corrected chi connectivity index (χ1v) is 7.90. The van der Waals surface area contributed by atoms with Gasteiger partial charge in [-0.15, -0.1) is 0 Å². The highest BCUT2D eigenvalue weighted by atomic mass is 16.5. The molecule has 1 aromatic heterocycles. The Balaban J connectivity index is 1.70. The van der Waals surface area contributed by atoms with Crippen molar-refractivity contribution in [1.82, 2.24) is 20.4 Å². The van der Waals surface area contributed by atoms with Gasteiger partial charge in [-0.1, -0.05) is 30.3 Å². The number of aliphatic imine (C=N–C) groups is 1. The Labute approximate surface area is 137 Å². The highest BCUT2D eigenvalue weighted by Crippen LogP contribution is 2.00. The molecule has 0 atom stereocenters. The number of hydrogen-bond acceptors (Lipinski definition) is 3. The van der Waals surface area contributed by atoms with Crippen molar-refractivity contribution >= 4 is 5.96 Å². The Hall–Kier alpha value is -2.34. The molecule has 0 aliphatic rings. The van der Waals surface area contributed by atoms with Crippen molar-refractivity contribution in [3.05, 3.63) is 53.9 Å². The summed E-state index contributed by atoms with van der Waals surface area (Å²) in [6.07, 6.45) is 1.78. The molecule has 23 heavy (non-hydrogen) atoms. The predicted molar refractivity (Wildman–Crippen MR) is 92.1 cm³/mol. The van der Waals surface area contributed by atoms with Gasteiger partial charge >= 0.3 is 0 Å². The van der Waals surface area contributed by atoms with Crippen LogP contribution in [0.4, 0.5) is 0 Å². The molecule has 0 saturated heterocycles. The van der Waals surface area contributed by atoms with Crippen LogP contribution >= 0.6 is 0 Å². The fraction of sp³-hybridized carbons (Fsp3) is 0.412. The average molecular weight is 315 g/mol. The average Bonchev–Trinajstić information content (AvgIpc) is 2.98. The summed E-state index contributed by atoms with van der Waals surface area (Å²) in [7, 11) is 1.92. The fourth-order valence-electron chi connectivity index (χ4n) is 2.06. The molecule has 6 nitrogen and oxygen atoms in total.